The Labute approximate surface area is 119 Å². The molecule has 1 aromatic heterocycles. The van der Waals surface area contributed by atoms with E-state index >= 15 is 0 Å². The van der Waals surface area contributed by atoms with E-state index in [1.54, 1.807) is 6.20 Å². The molecular weight excluding hydrogens is 252 g/mol. The van der Waals surface area contributed by atoms with Crippen LogP contribution in [0.4, 0.5) is 0 Å². The Morgan fingerprint density at radius 2 is 2.20 bits per heavy atom. The second-order valence-electron chi connectivity index (χ2n) is 5.44. The summed E-state index contributed by atoms with van der Waals surface area (Å²) in [6.45, 7) is 4.29. The van der Waals surface area contributed by atoms with Crippen molar-refractivity contribution in [2.75, 3.05) is 19.7 Å². The normalized spacial score (nSPS) is 21.2. The molecule has 2 atom stereocenters. The predicted molar refractivity (Wildman–Crippen MR) is 77.1 cm³/mol. The van der Waals surface area contributed by atoms with Crippen molar-refractivity contribution in [3.05, 3.63) is 42.4 Å². The van der Waals surface area contributed by atoms with E-state index in [0.29, 0.717) is 5.92 Å². The summed E-state index contributed by atoms with van der Waals surface area (Å²) in [7, 11) is 0. The van der Waals surface area contributed by atoms with Gasteiger partial charge in [-0.1, -0.05) is 30.3 Å². The van der Waals surface area contributed by atoms with Crippen molar-refractivity contribution in [1.29, 1.82) is 0 Å². The zero-order chi connectivity index (χ0) is 13.9. The fourth-order valence-corrected chi connectivity index (χ4v) is 2.74. The third-order valence-corrected chi connectivity index (χ3v) is 4.06. The van der Waals surface area contributed by atoms with E-state index in [0.717, 1.165) is 36.7 Å². The smallest absolute Gasteiger partial charge is 0.211 e. The van der Waals surface area contributed by atoms with Gasteiger partial charge in [-0.3, -0.25) is 4.90 Å². The summed E-state index contributed by atoms with van der Waals surface area (Å²) in [6, 6.07) is 10.2. The molecule has 1 aromatic carbocycles. The summed E-state index contributed by atoms with van der Waals surface area (Å²) < 4.78 is 5.90. The summed E-state index contributed by atoms with van der Waals surface area (Å²) in [5.41, 5.74) is 1.05. The molecule has 1 fully saturated rings. The first-order valence-electron chi connectivity index (χ1n) is 7.14. The molecule has 0 bridgehead atoms. The minimum Gasteiger partial charge on any atom is -0.439 e. The molecule has 0 saturated carbocycles. The maximum Gasteiger partial charge on any atom is 0.211 e. The Bertz CT molecular complexity index is 553. The van der Waals surface area contributed by atoms with E-state index in [9.17, 15) is 5.11 Å². The van der Waals surface area contributed by atoms with Crippen LogP contribution in [-0.4, -0.2) is 34.7 Å². The molecule has 0 aliphatic carbocycles. The molecule has 0 amide bonds. The van der Waals surface area contributed by atoms with Crippen LogP contribution < -0.4 is 0 Å². The van der Waals surface area contributed by atoms with Crippen molar-refractivity contribution in [3.63, 3.8) is 0 Å². The van der Waals surface area contributed by atoms with E-state index in [2.05, 4.69) is 16.8 Å². The number of rotatable bonds is 4. The number of hydrogen-bond donors (Lipinski definition) is 1. The van der Waals surface area contributed by atoms with Gasteiger partial charge in [-0.2, -0.15) is 0 Å². The molecule has 4 heteroatoms. The zero-order valence-corrected chi connectivity index (χ0v) is 11.7. The molecule has 0 radical (unpaired) electrons. The van der Waals surface area contributed by atoms with Crippen LogP contribution in [0.2, 0.25) is 0 Å². The molecule has 2 heterocycles. The van der Waals surface area contributed by atoms with Crippen LogP contribution in [0.15, 0.2) is 40.9 Å². The topological polar surface area (TPSA) is 49.5 Å². The van der Waals surface area contributed by atoms with Gasteiger partial charge < -0.3 is 9.52 Å². The number of likely N-dealkylation sites (tertiary alicyclic amines) is 1. The molecule has 106 valence electrons. The molecule has 0 spiro atoms. The van der Waals surface area contributed by atoms with Gasteiger partial charge in [0.15, 0.2) is 5.76 Å². The lowest BCUT2D eigenvalue weighted by Gasteiger charge is -2.21. The first-order chi connectivity index (χ1) is 9.78. The Balaban J connectivity index is 1.74. The molecule has 4 nitrogen and oxygen atoms in total. The van der Waals surface area contributed by atoms with Crippen LogP contribution in [0.25, 0.3) is 11.3 Å². The molecule has 2 unspecified atom stereocenters. The summed E-state index contributed by atoms with van der Waals surface area (Å²) in [5, 5.41) is 9.22. The van der Waals surface area contributed by atoms with Crippen molar-refractivity contribution in [2.45, 2.75) is 19.4 Å². The van der Waals surface area contributed by atoms with Crippen LogP contribution >= 0.6 is 0 Å². The lowest BCUT2D eigenvalue weighted by atomic mass is 10.1. The molecule has 2 aromatic rings. The fraction of sp³-hybridized carbons (Fsp3) is 0.438. The maximum atomic E-state index is 9.22. The van der Waals surface area contributed by atoms with E-state index in [1.807, 2.05) is 30.3 Å². The van der Waals surface area contributed by atoms with Gasteiger partial charge in [-0.25, -0.2) is 4.98 Å². The van der Waals surface area contributed by atoms with E-state index in [1.165, 1.54) is 0 Å². The van der Waals surface area contributed by atoms with Crippen molar-refractivity contribution >= 4 is 0 Å². The number of aromatic nitrogens is 1. The van der Waals surface area contributed by atoms with E-state index in [4.69, 9.17) is 4.42 Å². The predicted octanol–water partition coefficient (Wildman–Crippen LogP) is 2.72. The highest BCUT2D eigenvalue weighted by Gasteiger charge is 2.28. The first-order valence-corrected chi connectivity index (χ1v) is 7.14. The molecule has 3 rings (SSSR count). The number of hydrogen-bond acceptors (Lipinski definition) is 4. The van der Waals surface area contributed by atoms with Crippen molar-refractivity contribution in [2.24, 2.45) is 5.92 Å². The van der Waals surface area contributed by atoms with Crippen molar-refractivity contribution in [3.8, 4) is 11.3 Å². The van der Waals surface area contributed by atoms with Crippen molar-refractivity contribution in [1.82, 2.24) is 9.88 Å². The minimum absolute atomic E-state index is 0.156. The van der Waals surface area contributed by atoms with Crippen molar-refractivity contribution < 1.29 is 9.52 Å². The number of nitrogens with zero attached hydrogens (tertiary/aromatic N) is 2. The number of aliphatic hydroxyl groups excluding tert-OH is 1. The maximum absolute atomic E-state index is 9.22. The molecular formula is C16H20N2O2. The molecule has 1 aliphatic heterocycles. The summed E-state index contributed by atoms with van der Waals surface area (Å²) >= 11 is 0. The monoisotopic (exact) mass is 272 g/mol. The van der Waals surface area contributed by atoms with Crippen LogP contribution in [0.5, 0.6) is 0 Å². The van der Waals surface area contributed by atoms with Crippen LogP contribution in [0, 0.1) is 5.92 Å². The lowest BCUT2D eigenvalue weighted by molar-refractivity contribution is 0.190. The van der Waals surface area contributed by atoms with Gasteiger partial charge in [0.05, 0.1) is 12.2 Å². The Hall–Kier alpha value is -1.65. The quantitative estimate of drug-likeness (QED) is 0.929. The Kier molecular flexibility index (Phi) is 3.85. The molecule has 1 N–H and O–H groups in total. The fourth-order valence-electron chi connectivity index (χ4n) is 2.74. The van der Waals surface area contributed by atoms with Gasteiger partial charge in [0, 0.05) is 18.7 Å². The highest BCUT2D eigenvalue weighted by atomic mass is 16.4. The standard InChI is InChI=1S/C16H20N2O2/c1-12(18-8-7-13(10-18)11-19)16-17-9-15(20-16)14-5-3-2-4-6-14/h2-6,9,12-13,19H,7-8,10-11H2,1H3. The number of benzene rings is 1. The van der Waals surface area contributed by atoms with E-state index in [-0.39, 0.29) is 12.6 Å². The van der Waals surface area contributed by atoms with Gasteiger partial charge in [-0.05, 0) is 25.8 Å². The SMILES string of the molecule is CC(c1ncc(-c2ccccc2)o1)N1CCC(CO)C1. The third kappa shape index (κ3) is 2.62. The third-order valence-electron chi connectivity index (χ3n) is 4.06. The molecule has 1 saturated heterocycles. The van der Waals surface area contributed by atoms with E-state index < -0.39 is 0 Å². The average Bonchev–Trinajstić information content (AvgIpc) is 3.17. The summed E-state index contributed by atoms with van der Waals surface area (Å²) in [6.07, 6.45) is 2.84. The molecule has 20 heavy (non-hydrogen) atoms. The number of oxazole rings is 1. The van der Waals surface area contributed by atoms with Crippen LogP contribution in [-0.2, 0) is 0 Å². The zero-order valence-electron chi connectivity index (χ0n) is 11.7. The highest BCUT2D eigenvalue weighted by Crippen LogP contribution is 2.29. The van der Waals surface area contributed by atoms with Gasteiger partial charge in [0.1, 0.15) is 0 Å². The Morgan fingerprint density at radius 1 is 1.40 bits per heavy atom. The summed E-state index contributed by atoms with van der Waals surface area (Å²) in [4.78, 5) is 6.74. The summed E-state index contributed by atoms with van der Waals surface area (Å²) in [5.74, 6) is 1.95. The van der Waals surface area contributed by atoms with Gasteiger partial charge >= 0.3 is 0 Å². The Morgan fingerprint density at radius 3 is 2.90 bits per heavy atom. The largest absolute Gasteiger partial charge is 0.439 e. The van der Waals surface area contributed by atoms with Gasteiger partial charge in [-0.15, -0.1) is 0 Å². The molecule has 1 aliphatic rings. The second kappa shape index (κ2) is 5.77. The van der Waals surface area contributed by atoms with Crippen LogP contribution in [0.3, 0.4) is 0 Å². The first kappa shape index (κ1) is 13.3. The van der Waals surface area contributed by atoms with Crippen LogP contribution in [0.1, 0.15) is 25.3 Å². The lowest BCUT2D eigenvalue weighted by Crippen LogP contribution is -2.25. The minimum atomic E-state index is 0.156. The second-order valence-corrected chi connectivity index (χ2v) is 5.44. The highest BCUT2D eigenvalue weighted by molar-refractivity contribution is 5.55. The van der Waals surface area contributed by atoms with Gasteiger partial charge in [0.2, 0.25) is 5.89 Å². The number of aliphatic hydroxyl groups is 1. The average molecular weight is 272 g/mol. The van der Waals surface area contributed by atoms with Gasteiger partial charge in [0.25, 0.3) is 0 Å².